The van der Waals surface area contributed by atoms with Gasteiger partial charge >= 0.3 is 0 Å². The van der Waals surface area contributed by atoms with Crippen LogP contribution in [0.25, 0.3) is 0 Å². The highest BCUT2D eigenvalue weighted by atomic mass is 32.2. The summed E-state index contributed by atoms with van der Waals surface area (Å²) < 4.78 is 28.0. The summed E-state index contributed by atoms with van der Waals surface area (Å²) in [5.74, 6) is 0.132. The monoisotopic (exact) mass is 483 g/mol. The highest BCUT2D eigenvalue weighted by Crippen LogP contribution is 2.31. The van der Waals surface area contributed by atoms with Crippen LogP contribution in [0, 0.1) is 5.92 Å². The molecule has 0 spiro atoms. The van der Waals surface area contributed by atoms with Gasteiger partial charge in [0.05, 0.1) is 4.90 Å². The second kappa shape index (κ2) is 10.3. The number of nitrogens with zero attached hydrogens (tertiary/aromatic N) is 2. The molecule has 2 aliphatic heterocycles. The highest BCUT2D eigenvalue weighted by molar-refractivity contribution is 7.89. The zero-order chi connectivity index (χ0) is 24.3. The number of aryl methyl sites for hydroxylation is 2. The Morgan fingerprint density at radius 2 is 1.82 bits per heavy atom. The Hall–Kier alpha value is -2.71. The van der Waals surface area contributed by atoms with Gasteiger partial charge in [-0.25, -0.2) is 8.42 Å². The number of anilines is 2. The molecule has 2 aliphatic rings. The summed E-state index contributed by atoms with van der Waals surface area (Å²) in [4.78, 5) is 27.5. The maximum absolute atomic E-state index is 13.2. The molecule has 2 aromatic rings. The fourth-order valence-electron chi connectivity index (χ4n) is 4.72. The van der Waals surface area contributed by atoms with Crippen molar-refractivity contribution in [2.24, 2.45) is 5.92 Å². The molecular formula is C26H33N3O4S. The number of fused-ring (bicyclic) bond motifs is 1. The number of para-hydroxylation sites is 1. The highest BCUT2D eigenvalue weighted by Gasteiger charge is 2.30. The van der Waals surface area contributed by atoms with E-state index in [9.17, 15) is 18.0 Å². The van der Waals surface area contributed by atoms with E-state index in [1.54, 1.807) is 22.5 Å². The summed E-state index contributed by atoms with van der Waals surface area (Å²) in [7, 11) is -3.58. The van der Waals surface area contributed by atoms with Crippen molar-refractivity contribution in [1.82, 2.24) is 4.31 Å². The van der Waals surface area contributed by atoms with Crippen LogP contribution in [0.2, 0.25) is 0 Å². The Labute approximate surface area is 202 Å². The van der Waals surface area contributed by atoms with Crippen LogP contribution in [0.1, 0.15) is 50.7 Å². The number of sulfonamides is 1. The van der Waals surface area contributed by atoms with Gasteiger partial charge in [-0.1, -0.05) is 32.0 Å². The van der Waals surface area contributed by atoms with Gasteiger partial charge in [-0.05, 0) is 73.4 Å². The third kappa shape index (κ3) is 5.18. The SMILES string of the molecule is CCc1ccccc1NC(=O)CN1C(=O)CCCc2cc(S(=O)(=O)N3CCC(C)CC3)ccc21. The van der Waals surface area contributed by atoms with Gasteiger partial charge in [0.25, 0.3) is 0 Å². The molecule has 0 saturated carbocycles. The lowest BCUT2D eigenvalue weighted by atomic mass is 10.0. The number of amides is 2. The molecule has 2 aromatic carbocycles. The molecule has 1 N–H and O–H groups in total. The standard InChI is InChI=1S/C26H33N3O4S/c1-3-20-7-4-5-9-23(20)27-25(30)18-29-24-12-11-22(17-21(24)8-6-10-26(29)31)34(32,33)28-15-13-19(2)14-16-28/h4-5,7,9,11-12,17,19H,3,6,8,10,13-16,18H2,1-2H3,(H,27,30). The first-order valence-electron chi connectivity index (χ1n) is 12.1. The van der Waals surface area contributed by atoms with Gasteiger partial charge in [0.2, 0.25) is 21.8 Å². The van der Waals surface area contributed by atoms with E-state index in [4.69, 9.17) is 0 Å². The van der Waals surface area contributed by atoms with Gasteiger partial charge in [0, 0.05) is 30.9 Å². The van der Waals surface area contributed by atoms with Crippen molar-refractivity contribution in [3.63, 3.8) is 0 Å². The number of hydrogen-bond donors (Lipinski definition) is 1. The smallest absolute Gasteiger partial charge is 0.244 e. The van der Waals surface area contributed by atoms with Crippen molar-refractivity contribution >= 4 is 33.2 Å². The first-order valence-corrected chi connectivity index (χ1v) is 13.5. The summed E-state index contributed by atoms with van der Waals surface area (Å²) in [6.45, 7) is 5.12. The van der Waals surface area contributed by atoms with Gasteiger partial charge in [-0.2, -0.15) is 4.31 Å². The molecule has 0 radical (unpaired) electrons. The van der Waals surface area contributed by atoms with E-state index in [2.05, 4.69) is 12.2 Å². The first kappa shape index (κ1) is 24.4. The van der Waals surface area contributed by atoms with Crippen molar-refractivity contribution in [1.29, 1.82) is 0 Å². The normalized spacial score (nSPS) is 17.8. The van der Waals surface area contributed by atoms with E-state index in [0.29, 0.717) is 44.0 Å². The lowest BCUT2D eigenvalue weighted by Gasteiger charge is -2.30. The zero-order valence-electron chi connectivity index (χ0n) is 19.9. The van der Waals surface area contributed by atoms with E-state index >= 15 is 0 Å². The van der Waals surface area contributed by atoms with Crippen LogP contribution in [0.15, 0.2) is 47.4 Å². The van der Waals surface area contributed by atoms with E-state index in [1.807, 2.05) is 31.2 Å². The van der Waals surface area contributed by atoms with Crippen LogP contribution < -0.4 is 10.2 Å². The average molecular weight is 484 g/mol. The molecular weight excluding hydrogens is 450 g/mol. The van der Waals surface area contributed by atoms with Crippen molar-refractivity contribution < 1.29 is 18.0 Å². The lowest BCUT2D eigenvalue weighted by molar-refractivity contribution is -0.121. The third-order valence-electron chi connectivity index (χ3n) is 6.83. The average Bonchev–Trinajstić information content (AvgIpc) is 2.97. The Bertz CT molecular complexity index is 1170. The van der Waals surface area contributed by atoms with E-state index in [0.717, 1.165) is 36.1 Å². The van der Waals surface area contributed by atoms with Gasteiger partial charge in [-0.3, -0.25) is 9.59 Å². The molecule has 2 amide bonds. The number of carbonyl (C=O) groups is 2. The molecule has 182 valence electrons. The predicted octanol–water partition coefficient (Wildman–Crippen LogP) is 3.98. The summed E-state index contributed by atoms with van der Waals surface area (Å²) in [6, 6.07) is 12.6. The first-order chi connectivity index (χ1) is 16.3. The maximum atomic E-state index is 13.2. The largest absolute Gasteiger partial charge is 0.324 e. The fourth-order valence-corrected chi connectivity index (χ4v) is 6.24. The van der Waals surface area contributed by atoms with E-state index in [-0.39, 0.29) is 23.3 Å². The molecule has 0 atom stereocenters. The van der Waals surface area contributed by atoms with Gasteiger partial charge < -0.3 is 10.2 Å². The topological polar surface area (TPSA) is 86.8 Å². The second-order valence-corrected chi connectivity index (χ2v) is 11.2. The molecule has 2 heterocycles. The predicted molar refractivity (Wildman–Crippen MR) is 133 cm³/mol. The Morgan fingerprint density at radius 1 is 1.09 bits per heavy atom. The van der Waals surface area contributed by atoms with Crippen molar-refractivity contribution in [2.75, 3.05) is 29.9 Å². The number of rotatable bonds is 6. The number of piperidine rings is 1. The number of benzene rings is 2. The zero-order valence-corrected chi connectivity index (χ0v) is 20.7. The molecule has 0 bridgehead atoms. The number of nitrogens with one attached hydrogen (secondary N) is 1. The van der Waals surface area contributed by atoms with Crippen LogP contribution in [-0.2, 0) is 32.5 Å². The Morgan fingerprint density at radius 3 is 2.56 bits per heavy atom. The van der Waals surface area contributed by atoms with Gasteiger partial charge in [-0.15, -0.1) is 0 Å². The molecule has 0 unspecified atom stereocenters. The molecule has 0 aliphatic carbocycles. The lowest BCUT2D eigenvalue weighted by Crippen LogP contribution is -2.38. The summed E-state index contributed by atoms with van der Waals surface area (Å²) in [5.41, 5.74) is 3.18. The van der Waals surface area contributed by atoms with Crippen LogP contribution in [0.5, 0.6) is 0 Å². The molecule has 34 heavy (non-hydrogen) atoms. The van der Waals surface area contributed by atoms with Crippen LogP contribution in [0.4, 0.5) is 11.4 Å². The fraction of sp³-hybridized carbons (Fsp3) is 0.462. The van der Waals surface area contributed by atoms with E-state index in [1.165, 1.54) is 4.90 Å². The van der Waals surface area contributed by atoms with Gasteiger partial charge in [0.1, 0.15) is 6.54 Å². The van der Waals surface area contributed by atoms with Crippen LogP contribution >= 0.6 is 0 Å². The molecule has 1 fully saturated rings. The molecule has 8 heteroatoms. The molecule has 7 nitrogen and oxygen atoms in total. The quantitative estimate of drug-likeness (QED) is 0.673. The second-order valence-electron chi connectivity index (χ2n) is 9.27. The van der Waals surface area contributed by atoms with Crippen LogP contribution in [0.3, 0.4) is 0 Å². The Kier molecular flexibility index (Phi) is 7.38. The van der Waals surface area contributed by atoms with Crippen LogP contribution in [-0.4, -0.2) is 44.2 Å². The van der Waals surface area contributed by atoms with Gasteiger partial charge in [0.15, 0.2) is 0 Å². The summed E-state index contributed by atoms with van der Waals surface area (Å²) in [5, 5.41) is 2.93. The minimum atomic E-state index is -3.58. The Balaban J connectivity index is 1.57. The minimum absolute atomic E-state index is 0.111. The molecule has 1 saturated heterocycles. The summed E-state index contributed by atoms with van der Waals surface area (Å²) in [6.07, 6.45) is 4.05. The minimum Gasteiger partial charge on any atom is -0.324 e. The van der Waals surface area contributed by atoms with Crippen molar-refractivity contribution in [3.05, 3.63) is 53.6 Å². The van der Waals surface area contributed by atoms with Crippen molar-refractivity contribution in [2.45, 2.75) is 57.3 Å². The number of carbonyl (C=O) groups excluding carboxylic acids is 2. The molecule has 4 rings (SSSR count). The third-order valence-corrected chi connectivity index (χ3v) is 8.73. The molecule has 0 aromatic heterocycles. The number of hydrogen-bond acceptors (Lipinski definition) is 4. The van der Waals surface area contributed by atoms with Crippen molar-refractivity contribution in [3.8, 4) is 0 Å². The maximum Gasteiger partial charge on any atom is 0.244 e. The van der Waals surface area contributed by atoms with E-state index < -0.39 is 10.0 Å². The summed E-state index contributed by atoms with van der Waals surface area (Å²) >= 11 is 0.